The smallest absolute Gasteiger partial charge is 0.0589 e. The quantitative estimate of drug-likeness (QED) is 0.546. The van der Waals surface area contributed by atoms with Crippen molar-refractivity contribution in [3.05, 3.63) is 24.0 Å². The number of methoxy groups -OCH3 is 1. The molecule has 94 valence electrons. The van der Waals surface area contributed by atoms with Crippen molar-refractivity contribution in [3.8, 4) is 0 Å². The summed E-state index contributed by atoms with van der Waals surface area (Å²) in [7, 11) is 1.74. The van der Waals surface area contributed by atoms with Crippen molar-refractivity contribution in [2.45, 2.75) is 25.4 Å². The molecule has 1 aliphatic rings. The van der Waals surface area contributed by atoms with Crippen molar-refractivity contribution in [2.24, 2.45) is 5.84 Å². The zero-order valence-corrected chi connectivity index (χ0v) is 10.2. The van der Waals surface area contributed by atoms with E-state index in [1.807, 2.05) is 12.1 Å². The highest BCUT2D eigenvalue weighted by molar-refractivity contribution is 5.41. The van der Waals surface area contributed by atoms with Crippen LogP contribution >= 0.6 is 0 Å². The molecule has 1 saturated carbocycles. The summed E-state index contributed by atoms with van der Waals surface area (Å²) in [5.74, 6) is 5.39. The number of aromatic nitrogens is 1. The second-order valence-electron chi connectivity index (χ2n) is 4.37. The first-order valence-corrected chi connectivity index (χ1v) is 5.98. The summed E-state index contributed by atoms with van der Waals surface area (Å²) in [6.45, 7) is 2.60. The lowest BCUT2D eigenvalue weighted by molar-refractivity contribution is 0.139. The molecular formula is C12H20N4O. The van der Waals surface area contributed by atoms with Crippen molar-refractivity contribution in [2.75, 3.05) is 25.7 Å². The molecule has 0 amide bonds. The Morgan fingerprint density at radius 1 is 1.59 bits per heavy atom. The number of rotatable bonds is 7. The first-order valence-electron chi connectivity index (χ1n) is 5.98. The highest BCUT2D eigenvalue weighted by Crippen LogP contribution is 2.27. The molecule has 1 aliphatic carbocycles. The maximum atomic E-state index is 5.39. The minimum atomic E-state index is 0.710. The van der Waals surface area contributed by atoms with Gasteiger partial charge in [0.2, 0.25) is 0 Å². The van der Waals surface area contributed by atoms with Crippen LogP contribution in [0.5, 0.6) is 0 Å². The van der Waals surface area contributed by atoms with Gasteiger partial charge in [-0.2, -0.15) is 0 Å². The lowest BCUT2D eigenvalue weighted by atomic mass is 10.3. The van der Waals surface area contributed by atoms with Gasteiger partial charge in [-0.05, 0) is 25.0 Å². The SMILES string of the molecule is COCCN(Cc1cc(NN)ccn1)C1CC1. The molecule has 0 saturated heterocycles. The van der Waals surface area contributed by atoms with E-state index >= 15 is 0 Å². The van der Waals surface area contributed by atoms with Crippen LogP contribution in [0.4, 0.5) is 5.69 Å². The van der Waals surface area contributed by atoms with Gasteiger partial charge in [0, 0.05) is 32.4 Å². The summed E-state index contributed by atoms with van der Waals surface area (Å²) in [6, 6.07) is 4.56. The molecular weight excluding hydrogens is 216 g/mol. The Bertz CT molecular complexity index is 354. The Balaban J connectivity index is 1.95. The van der Waals surface area contributed by atoms with Crippen LogP contribution in [0.2, 0.25) is 0 Å². The van der Waals surface area contributed by atoms with E-state index in [2.05, 4.69) is 15.3 Å². The lowest BCUT2D eigenvalue weighted by Gasteiger charge is -2.21. The monoisotopic (exact) mass is 236 g/mol. The van der Waals surface area contributed by atoms with E-state index in [0.717, 1.165) is 31.1 Å². The number of nitrogens with two attached hydrogens (primary N) is 1. The molecule has 3 N–H and O–H groups in total. The Kier molecular flexibility index (Phi) is 4.30. The lowest BCUT2D eigenvalue weighted by Crippen LogP contribution is -2.29. The van der Waals surface area contributed by atoms with Gasteiger partial charge in [0.1, 0.15) is 0 Å². The molecule has 1 aromatic heterocycles. The molecule has 5 heteroatoms. The van der Waals surface area contributed by atoms with Crippen molar-refractivity contribution in [3.63, 3.8) is 0 Å². The molecule has 1 aromatic rings. The highest BCUT2D eigenvalue weighted by atomic mass is 16.5. The molecule has 0 bridgehead atoms. The number of nitrogen functional groups attached to an aromatic ring is 1. The molecule has 1 heterocycles. The number of pyridine rings is 1. The third-order valence-electron chi connectivity index (χ3n) is 2.99. The van der Waals surface area contributed by atoms with Crippen LogP contribution in [0, 0.1) is 0 Å². The van der Waals surface area contributed by atoms with Crippen molar-refractivity contribution >= 4 is 5.69 Å². The standard InChI is InChI=1S/C12H20N4O/c1-17-7-6-16(12-2-3-12)9-11-8-10(15-13)4-5-14-11/h4-5,8,12H,2-3,6-7,9,13H2,1H3,(H,14,15). The largest absolute Gasteiger partial charge is 0.383 e. The average molecular weight is 236 g/mol. The Morgan fingerprint density at radius 3 is 3.06 bits per heavy atom. The number of hydrogen-bond donors (Lipinski definition) is 2. The van der Waals surface area contributed by atoms with Crippen molar-refractivity contribution < 1.29 is 4.74 Å². The molecule has 17 heavy (non-hydrogen) atoms. The van der Waals surface area contributed by atoms with Gasteiger partial charge in [-0.1, -0.05) is 0 Å². The number of ether oxygens (including phenoxy) is 1. The predicted molar refractivity (Wildman–Crippen MR) is 67.4 cm³/mol. The van der Waals surface area contributed by atoms with Gasteiger partial charge in [-0.25, -0.2) is 0 Å². The third-order valence-corrected chi connectivity index (χ3v) is 2.99. The Morgan fingerprint density at radius 2 is 2.41 bits per heavy atom. The van der Waals surface area contributed by atoms with Crippen LogP contribution in [0.1, 0.15) is 18.5 Å². The van der Waals surface area contributed by atoms with Crippen LogP contribution in [0.3, 0.4) is 0 Å². The van der Waals surface area contributed by atoms with E-state index in [-0.39, 0.29) is 0 Å². The summed E-state index contributed by atoms with van der Waals surface area (Å²) in [5.41, 5.74) is 4.59. The molecule has 0 aliphatic heterocycles. The molecule has 1 fully saturated rings. The van der Waals surface area contributed by atoms with Gasteiger partial charge in [-0.3, -0.25) is 15.7 Å². The highest BCUT2D eigenvalue weighted by Gasteiger charge is 2.28. The zero-order chi connectivity index (χ0) is 12.1. The summed E-state index contributed by atoms with van der Waals surface area (Å²) in [6.07, 6.45) is 4.36. The van der Waals surface area contributed by atoms with Gasteiger partial charge in [0.05, 0.1) is 18.0 Å². The van der Waals surface area contributed by atoms with Crippen LogP contribution in [-0.4, -0.2) is 36.2 Å². The number of nitrogens with one attached hydrogen (secondary N) is 1. The topological polar surface area (TPSA) is 63.4 Å². The normalized spacial score (nSPS) is 15.2. The summed E-state index contributed by atoms with van der Waals surface area (Å²) >= 11 is 0. The number of anilines is 1. The number of hydrogen-bond acceptors (Lipinski definition) is 5. The second-order valence-corrected chi connectivity index (χ2v) is 4.37. The first kappa shape index (κ1) is 12.3. The summed E-state index contributed by atoms with van der Waals surface area (Å²) in [4.78, 5) is 6.79. The van der Waals surface area contributed by atoms with E-state index in [1.165, 1.54) is 12.8 Å². The van der Waals surface area contributed by atoms with Gasteiger partial charge in [0.25, 0.3) is 0 Å². The Labute approximate surface area is 102 Å². The zero-order valence-electron chi connectivity index (χ0n) is 10.2. The van der Waals surface area contributed by atoms with E-state index in [1.54, 1.807) is 13.3 Å². The minimum Gasteiger partial charge on any atom is -0.383 e. The Hall–Kier alpha value is -1.17. The maximum absolute atomic E-state index is 5.39. The number of nitrogens with zero attached hydrogens (tertiary/aromatic N) is 2. The summed E-state index contributed by atoms with van der Waals surface area (Å²) in [5, 5.41) is 0. The fraction of sp³-hybridized carbons (Fsp3) is 0.583. The molecule has 5 nitrogen and oxygen atoms in total. The van der Waals surface area contributed by atoms with Gasteiger partial charge < -0.3 is 10.2 Å². The van der Waals surface area contributed by atoms with Crippen LogP contribution in [0.25, 0.3) is 0 Å². The fourth-order valence-electron chi connectivity index (χ4n) is 1.90. The predicted octanol–water partition coefficient (Wildman–Crippen LogP) is 0.978. The molecule has 2 rings (SSSR count). The second kappa shape index (κ2) is 5.95. The van der Waals surface area contributed by atoms with E-state index in [4.69, 9.17) is 10.6 Å². The van der Waals surface area contributed by atoms with Gasteiger partial charge in [-0.15, -0.1) is 0 Å². The maximum Gasteiger partial charge on any atom is 0.0589 e. The van der Waals surface area contributed by atoms with E-state index < -0.39 is 0 Å². The molecule has 0 radical (unpaired) electrons. The molecule has 0 aromatic carbocycles. The van der Waals surface area contributed by atoms with Gasteiger partial charge in [0.15, 0.2) is 0 Å². The molecule has 0 unspecified atom stereocenters. The third kappa shape index (κ3) is 3.66. The van der Waals surface area contributed by atoms with E-state index in [9.17, 15) is 0 Å². The van der Waals surface area contributed by atoms with Crippen LogP contribution in [0.15, 0.2) is 18.3 Å². The molecule has 0 atom stereocenters. The van der Waals surface area contributed by atoms with E-state index in [0.29, 0.717) is 6.04 Å². The van der Waals surface area contributed by atoms with Crippen LogP contribution in [-0.2, 0) is 11.3 Å². The van der Waals surface area contributed by atoms with Crippen LogP contribution < -0.4 is 11.3 Å². The van der Waals surface area contributed by atoms with Crippen molar-refractivity contribution in [1.29, 1.82) is 0 Å². The first-order chi connectivity index (χ1) is 8.33. The van der Waals surface area contributed by atoms with Crippen molar-refractivity contribution in [1.82, 2.24) is 9.88 Å². The fourth-order valence-corrected chi connectivity index (χ4v) is 1.90. The van der Waals surface area contributed by atoms with Gasteiger partial charge >= 0.3 is 0 Å². The minimum absolute atomic E-state index is 0.710. The summed E-state index contributed by atoms with van der Waals surface area (Å²) < 4.78 is 5.14. The molecule has 0 spiro atoms. The number of hydrazine groups is 1. The average Bonchev–Trinajstić information content (AvgIpc) is 3.19.